The van der Waals surface area contributed by atoms with E-state index in [9.17, 15) is 4.79 Å². The molecule has 1 aromatic heterocycles. The van der Waals surface area contributed by atoms with Crippen LogP contribution in [0.15, 0.2) is 17.5 Å². The Balaban J connectivity index is 2.51. The molecule has 1 aromatic rings. The molecule has 0 N–H and O–H groups in total. The summed E-state index contributed by atoms with van der Waals surface area (Å²) in [6.45, 7) is 3.70. The van der Waals surface area contributed by atoms with Gasteiger partial charge in [-0.25, -0.2) is 0 Å². The molecule has 0 aromatic carbocycles. The Morgan fingerprint density at radius 1 is 1.00 bits per heavy atom. The highest BCUT2D eigenvalue weighted by molar-refractivity contribution is 7.12. The van der Waals surface area contributed by atoms with Gasteiger partial charge in [-0.15, -0.1) is 11.3 Å². The Hall–Kier alpha value is -0.910. The van der Waals surface area contributed by atoms with Gasteiger partial charge in [0.2, 0.25) is 0 Å². The highest BCUT2D eigenvalue weighted by Gasteiger charge is 2.16. The van der Waals surface area contributed by atoms with E-state index in [1.807, 2.05) is 22.4 Å². The van der Waals surface area contributed by atoms with Crippen molar-refractivity contribution in [2.75, 3.05) is 54.4 Å². The van der Waals surface area contributed by atoms with Crippen molar-refractivity contribution >= 4 is 17.2 Å². The van der Waals surface area contributed by atoms with Gasteiger partial charge in [0.15, 0.2) is 0 Å². The van der Waals surface area contributed by atoms with Crippen LogP contribution in [0.3, 0.4) is 0 Å². The summed E-state index contributed by atoms with van der Waals surface area (Å²) in [5.41, 5.74) is 0. The third-order valence-electron chi connectivity index (χ3n) is 3.09. The lowest BCUT2D eigenvalue weighted by molar-refractivity contribution is 0.0749. The molecule has 1 amide bonds. The fourth-order valence-corrected chi connectivity index (χ4v) is 2.72. The van der Waals surface area contributed by atoms with Crippen molar-refractivity contribution in [2.24, 2.45) is 0 Å². The van der Waals surface area contributed by atoms with Crippen LogP contribution in [0, 0.1) is 0 Å². The predicted molar refractivity (Wildman–Crippen MR) is 86.6 cm³/mol. The molecule has 4 nitrogen and oxygen atoms in total. The molecule has 1 rings (SSSR count). The lowest BCUT2D eigenvalue weighted by Crippen LogP contribution is -2.35. The van der Waals surface area contributed by atoms with E-state index in [1.165, 1.54) is 11.3 Å². The molecule has 20 heavy (non-hydrogen) atoms. The molecular weight excluding hydrogens is 270 g/mol. The zero-order valence-corrected chi connectivity index (χ0v) is 13.9. The van der Waals surface area contributed by atoms with Crippen LogP contribution >= 0.6 is 11.3 Å². The summed E-state index contributed by atoms with van der Waals surface area (Å²) in [5, 5.41) is 1.96. The average Bonchev–Trinajstić information content (AvgIpc) is 2.89. The zero-order valence-electron chi connectivity index (χ0n) is 13.1. The van der Waals surface area contributed by atoms with Crippen LogP contribution < -0.4 is 0 Å². The number of carbonyl (C=O) groups excluding carboxylic acids is 1. The Morgan fingerprint density at radius 3 is 1.95 bits per heavy atom. The Labute approximate surface area is 127 Å². The summed E-state index contributed by atoms with van der Waals surface area (Å²) >= 11 is 1.53. The van der Waals surface area contributed by atoms with Gasteiger partial charge in [0.25, 0.3) is 5.91 Å². The summed E-state index contributed by atoms with van der Waals surface area (Å²) in [7, 11) is 8.27. The topological polar surface area (TPSA) is 26.8 Å². The number of thiophene rings is 1. The maximum Gasteiger partial charge on any atom is 0.263 e. The average molecular weight is 297 g/mol. The van der Waals surface area contributed by atoms with Gasteiger partial charge >= 0.3 is 0 Å². The van der Waals surface area contributed by atoms with Crippen LogP contribution in [-0.4, -0.2) is 75.0 Å². The number of hydrogen-bond donors (Lipinski definition) is 0. The largest absolute Gasteiger partial charge is 0.338 e. The second kappa shape index (κ2) is 9.10. The molecule has 0 bridgehead atoms. The van der Waals surface area contributed by atoms with E-state index in [0.717, 1.165) is 43.9 Å². The Kier molecular flexibility index (Phi) is 7.80. The van der Waals surface area contributed by atoms with E-state index in [4.69, 9.17) is 0 Å². The molecule has 0 aliphatic heterocycles. The number of amides is 1. The molecule has 0 aliphatic rings. The van der Waals surface area contributed by atoms with Crippen LogP contribution in [0.2, 0.25) is 0 Å². The van der Waals surface area contributed by atoms with Crippen LogP contribution in [0.25, 0.3) is 0 Å². The fourth-order valence-electron chi connectivity index (χ4n) is 2.03. The second-order valence-corrected chi connectivity index (χ2v) is 6.53. The number of hydrogen-bond acceptors (Lipinski definition) is 4. The molecule has 0 spiro atoms. The van der Waals surface area contributed by atoms with Crippen molar-refractivity contribution in [1.82, 2.24) is 14.7 Å². The fraction of sp³-hybridized carbons (Fsp3) is 0.667. The third kappa shape index (κ3) is 6.50. The van der Waals surface area contributed by atoms with Crippen molar-refractivity contribution in [1.29, 1.82) is 0 Å². The molecule has 0 unspecified atom stereocenters. The van der Waals surface area contributed by atoms with Crippen molar-refractivity contribution in [3.8, 4) is 0 Å². The number of nitrogens with zero attached hydrogens (tertiary/aromatic N) is 3. The first-order valence-electron chi connectivity index (χ1n) is 7.13. The predicted octanol–water partition coefficient (Wildman–Crippen LogP) is 2.09. The number of carbonyl (C=O) groups is 1. The lowest BCUT2D eigenvalue weighted by Gasteiger charge is -2.24. The van der Waals surface area contributed by atoms with Gasteiger partial charge in [-0.2, -0.15) is 0 Å². The van der Waals surface area contributed by atoms with Crippen LogP contribution in [0.4, 0.5) is 0 Å². The summed E-state index contributed by atoms with van der Waals surface area (Å²) < 4.78 is 0. The van der Waals surface area contributed by atoms with E-state index in [0.29, 0.717) is 0 Å². The molecule has 0 saturated carbocycles. The highest BCUT2D eigenvalue weighted by Crippen LogP contribution is 2.13. The minimum Gasteiger partial charge on any atom is -0.338 e. The zero-order chi connectivity index (χ0) is 15.0. The van der Waals surface area contributed by atoms with Crippen molar-refractivity contribution in [3.63, 3.8) is 0 Å². The summed E-state index contributed by atoms with van der Waals surface area (Å²) in [6.07, 6.45) is 2.04. The lowest BCUT2D eigenvalue weighted by atomic mass is 10.3. The first-order valence-corrected chi connectivity index (χ1v) is 8.01. The molecule has 5 heteroatoms. The van der Waals surface area contributed by atoms with E-state index < -0.39 is 0 Å². The molecule has 0 aliphatic carbocycles. The summed E-state index contributed by atoms with van der Waals surface area (Å²) in [5.74, 6) is 0.178. The molecule has 0 fully saturated rings. The van der Waals surface area contributed by atoms with Crippen LogP contribution in [0.1, 0.15) is 22.5 Å². The summed E-state index contributed by atoms with van der Waals surface area (Å²) in [6, 6.07) is 3.85. The molecule has 0 saturated heterocycles. The van der Waals surface area contributed by atoms with Crippen molar-refractivity contribution in [3.05, 3.63) is 22.4 Å². The first kappa shape index (κ1) is 17.1. The van der Waals surface area contributed by atoms with Gasteiger partial charge in [0.1, 0.15) is 0 Å². The normalized spacial score (nSPS) is 11.3. The molecule has 1 heterocycles. The molecule has 0 radical (unpaired) electrons. The van der Waals surface area contributed by atoms with Gasteiger partial charge < -0.3 is 14.7 Å². The molecular formula is C15H27N3OS. The minimum absolute atomic E-state index is 0.178. The van der Waals surface area contributed by atoms with Crippen LogP contribution in [-0.2, 0) is 0 Å². The molecule has 114 valence electrons. The standard InChI is InChI=1S/C15H27N3OS/c1-16(2)9-6-11-18(12-7-10-17(3)4)15(19)14-8-5-13-20-14/h5,8,13H,6-7,9-12H2,1-4H3. The maximum absolute atomic E-state index is 12.5. The SMILES string of the molecule is CN(C)CCCN(CCCN(C)C)C(=O)c1cccs1. The van der Waals surface area contributed by atoms with Gasteiger partial charge in [-0.3, -0.25) is 4.79 Å². The van der Waals surface area contributed by atoms with Crippen molar-refractivity contribution < 1.29 is 4.79 Å². The van der Waals surface area contributed by atoms with Crippen molar-refractivity contribution in [2.45, 2.75) is 12.8 Å². The van der Waals surface area contributed by atoms with E-state index in [-0.39, 0.29) is 5.91 Å². The van der Waals surface area contributed by atoms with E-state index in [1.54, 1.807) is 0 Å². The van der Waals surface area contributed by atoms with E-state index in [2.05, 4.69) is 38.0 Å². The number of rotatable bonds is 9. The minimum atomic E-state index is 0.178. The third-order valence-corrected chi connectivity index (χ3v) is 3.94. The quantitative estimate of drug-likeness (QED) is 0.698. The smallest absolute Gasteiger partial charge is 0.263 e. The monoisotopic (exact) mass is 297 g/mol. The molecule has 0 atom stereocenters. The van der Waals surface area contributed by atoms with Gasteiger partial charge in [0, 0.05) is 13.1 Å². The van der Waals surface area contributed by atoms with Gasteiger partial charge in [-0.1, -0.05) is 6.07 Å². The highest BCUT2D eigenvalue weighted by atomic mass is 32.1. The second-order valence-electron chi connectivity index (χ2n) is 5.58. The van der Waals surface area contributed by atoms with Gasteiger partial charge in [-0.05, 0) is 65.6 Å². The first-order chi connectivity index (χ1) is 9.50. The summed E-state index contributed by atoms with van der Waals surface area (Å²) in [4.78, 5) is 19.6. The van der Waals surface area contributed by atoms with Crippen LogP contribution in [0.5, 0.6) is 0 Å². The Morgan fingerprint density at radius 2 is 1.55 bits per heavy atom. The van der Waals surface area contributed by atoms with Gasteiger partial charge in [0.05, 0.1) is 4.88 Å². The Bertz CT molecular complexity index is 362. The maximum atomic E-state index is 12.5. The van der Waals surface area contributed by atoms with E-state index >= 15 is 0 Å².